The van der Waals surface area contributed by atoms with Crippen LogP contribution >= 0.6 is 0 Å². The Morgan fingerprint density at radius 2 is 2.04 bits per heavy atom. The maximum Gasteiger partial charge on any atom is 0.272 e. The Labute approximate surface area is 138 Å². The number of methoxy groups -OCH3 is 1. The number of aryl methyl sites for hydroxylation is 1. The first-order valence-corrected chi connectivity index (χ1v) is 8.24. The summed E-state index contributed by atoms with van der Waals surface area (Å²) in [5, 5.41) is 3.22. The first-order chi connectivity index (χ1) is 11.1. The van der Waals surface area contributed by atoms with Gasteiger partial charge in [0.1, 0.15) is 17.3 Å². The number of nitrogens with one attached hydrogen (secondary N) is 1. The maximum atomic E-state index is 12.6. The van der Waals surface area contributed by atoms with Gasteiger partial charge in [0.05, 0.1) is 0 Å². The van der Waals surface area contributed by atoms with E-state index < -0.39 is 0 Å². The van der Waals surface area contributed by atoms with Crippen LogP contribution in [0.25, 0.3) is 0 Å². The van der Waals surface area contributed by atoms with Crippen molar-refractivity contribution in [1.82, 2.24) is 19.8 Å². The summed E-state index contributed by atoms with van der Waals surface area (Å²) in [6, 6.07) is 1.74. The number of rotatable bonds is 7. The number of ether oxygens (including phenoxy) is 1. The summed E-state index contributed by atoms with van der Waals surface area (Å²) in [6.07, 6.45) is 0.891. The zero-order valence-electron chi connectivity index (χ0n) is 14.3. The second-order valence-electron chi connectivity index (χ2n) is 5.69. The van der Waals surface area contributed by atoms with Crippen molar-refractivity contribution in [3.8, 4) is 0 Å². The normalized spacial score (nSPS) is 15.7. The number of amides is 1. The molecule has 0 aliphatic carbocycles. The van der Waals surface area contributed by atoms with E-state index >= 15 is 0 Å². The van der Waals surface area contributed by atoms with Crippen molar-refractivity contribution in [2.75, 3.05) is 58.3 Å². The lowest BCUT2D eigenvalue weighted by Gasteiger charge is -2.33. The van der Waals surface area contributed by atoms with Gasteiger partial charge in [-0.25, -0.2) is 9.97 Å². The van der Waals surface area contributed by atoms with Crippen LogP contribution in [0.3, 0.4) is 0 Å². The van der Waals surface area contributed by atoms with Crippen LogP contribution in [-0.2, 0) is 4.74 Å². The monoisotopic (exact) mass is 321 g/mol. The number of likely N-dealkylation sites (N-methyl/N-ethyl adjacent to an activating group) is 1. The van der Waals surface area contributed by atoms with Gasteiger partial charge in [-0.1, -0.05) is 6.92 Å². The Morgan fingerprint density at radius 1 is 1.30 bits per heavy atom. The number of piperazine rings is 1. The summed E-state index contributed by atoms with van der Waals surface area (Å²) in [5.41, 5.74) is 0.469. The smallest absolute Gasteiger partial charge is 0.272 e. The zero-order valence-corrected chi connectivity index (χ0v) is 14.3. The van der Waals surface area contributed by atoms with E-state index in [2.05, 4.69) is 27.1 Å². The lowest BCUT2D eigenvalue weighted by Crippen LogP contribution is -2.48. The molecule has 0 saturated carbocycles. The van der Waals surface area contributed by atoms with Crippen LogP contribution in [0.2, 0.25) is 0 Å². The topological polar surface area (TPSA) is 70.6 Å². The molecule has 1 aromatic rings. The van der Waals surface area contributed by atoms with E-state index in [0.717, 1.165) is 45.7 Å². The van der Waals surface area contributed by atoms with Gasteiger partial charge in [0, 0.05) is 52.5 Å². The van der Waals surface area contributed by atoms with E-state index in [1.807, 2.05) is 11.8 Å². The molecule has 0 aromatic carbocycles. The molecule has 23 heavy (non-hydrogen) atoms. The van der Waals surface area contributed by atoms with E-state index in [1.165, 1.54) is 0 Å². The maximum absolute atomic E-state index is 12.6. The molecule has 7 nitrogen and oxygen atoms in total. The molecule has 2 heterocycles. The predicted octanol–water partition coefficient (Wildman–Crippen LogP) is 1.01. The first-order valence-electron chi connectivity index (χ1n) is 8.24. The summed E-state index contributed by atoms with van der Waals surface area (Å²) >= 11 is 0. The molecule has 1 fully saturated rings. The minimum atomic E-state index is -0.00815. The molecule has 1 N–H and O–H groups in total. The van der Waals surface area contributed by atoms with Gasteiger partial charge >= 0.3 is 0 Å². The Morgan fingerprint density at radius 3 is 2.70 bits per heavy atom. The molecule has 0 unspecified atom stereocenters. The molecule has 1 aliphatic rings. The summed E-state index contributed by atoms with van der Waals surface area (Å²) < 4.78 is 5.03. The van der Waals surface area contributed by atoms with Crippen LogP contribution in [0.4, 0.5) is 5.82 Å². The Balaban J connectivity index is 1.98. The SMILES string of the molecule is CCN1CCN(C(=O)c2cc(NCCCOC)nc(C)n2)CC1. The van der Waals surface area contributed by atoms with Crippen molar-refractivity contribution in [3.63, 3.8) is 0 Å². The number of hydrogen-bond donors (Lipinski definition) is 1. The van der Waals surface area contributed by atoms with E-state index in [-0.39, 0.29) is 5.91 Å². The quantitative estimate of drug-likeness (QED) is 0.756. The lowest BCUT2D eigenvalue weighted by atomic mass is 10.2. The fourth-order valence-corrected chi connectivity index (χ4v) is 2.63. The van der Waals surface area contributed by atoms with Gasteiger partial charge in [-0.3, -0.25) is 4.79 Å². The highest BCUT2D eigenvalue weighted by Gasteiger charge is 2.22. The highest BCUT2D eigenvalue weighted by molar-refractivity contribution is 5.93. The largest absolute Gasteiger partial charge is 0.385 e. The van der Waals surface area contributed by atoms with Gasteiger partial charge in [0.15, 0.2) is 0 Å². The molecule has 1 amide bonds. The van der Waals surface area contributed by atoms with E-state index in [0.29, 0.717) is 23.9 Å². The van der Waals surface area contributed by atoms with Crippen molar-refractivity contribution in [1.29, 1.82) is 0 Å². The predicted molar refractivity (Wildman–Crippen MR) is 89.8 cm³/mol. The molecule has 128 valence electrons. The van der Waals surface area contributed by atoms with Gasteiger partial charge in [-0.2, -0.15) is 0 Å². The third-order valence-corrected chi connectivity index (χ3v) is 4.00. The minimum Gasteiger partial charge on any atom is -0.385 e. The Bertz CT molecular complexity index is 515. The van der Waals surface area contributed by atoms with Crippen molar-refractivity contribution in [3.05, 3.63) is 17.6 Å². The minimum absolute atomic E-state index is 0.00815. The summed E-state index contributed by atoms with van der Waals surface area (Å²) in [6.45, 7) is 9.81. The molecule has 0 bridgehead atoms. The van der Waals surface area contributed by atoms with E-state index in [4.69, 9.17) is 4.74 Å². The highest BCUT2D eigenvalue weighted by Crippen LogP contribution is 2.11. The average Bonchev–Trinajstić information content (AvgIpc) is 2.58. The Kier molecular flexibility index (Phi) is 6.73. The number of hydrogen-bond acceptors (Lipinski definition) is 6. The lowest BCUT2D eigenvalue weighted by molar-refractivity contribution is 0.0637. The molecule has 7 heteroatoms. The number of carbonyl (C=O) groups is 1. The number of nitrogens with zero attached hydrogens (tertiary/aromatic N) is 4. The molecule has 0 spiro atoms. The van der Waals surface area contributed by atoms with Crippen LogP contribution in [-0.4, -0.2) is 78.7 Å². The second kappa shape index (κ2) is 8.79. The van der Waals surface area contributed by atoms with E-state index in [1.54, 1.807) is 13.2 Å². The summed E-state index contributed by atoms with van der Waals surface area (Å²) in [5.74, 6) is 1.30. The third kappa shape index (κ3) is 5.14. The number of aromatic nitrogens is 2. The molecule has 1 saturated heterocycles. The molecule has 0 atom stereocenters. The first kappa shape index (κ1) is 17.6. The van der Waals surface area contributed by atoms with Gasteiger partial charge in [-0.05, 0) is 19.9 Å². The highest BCUT2D eigenvalue weighted by atomic mass is 16.5. The number of anilines is 1. The fraction of sp³-hybridized carbons (Fsp3) is 0.688. The van der Waals surface area contributed by atoms with Gasteiger partial charge < -0.3 is 19.9 Å². The van der Waals surface area contributed by atoms with Crippen LogP contribution < -0.4 is 5.32 Å². The van der Waals surface area contributed by atoms with Crippen LogP contribution in [0.15, 0.2) is 6.07 Å². The molecule has 0 radical (unpaired) electrons. The molecular weight excluding hydrogens is 294 g/mol. The van der Waals surface area contributed by atoms with Gasteiger partial charge in [-0.15, -0.1) is 0 Å². The zero-order chi connectivity index (χ0) is 16.7. The van der Waals surface area contributed by atoms with Crippen molar-refractivity contribution in [2.24, 2.45) is 0 Å². The Hall–Kier alpha value is -1.73. The van der Waals surface area contributed by atoms with Crippen molar-refractivity contribution >= 4 is 11.7 Å². The molecule has 1 aliphatic heterocycles. The van der Waals surface area contributed by atoms with Crippen LogP contribution in [0.5, 0.6) is 0 Å². The van der Waals surface area contributed by atoms with Crippen LogP contribution in [0.1, 0.15) is 29.7 Å². The van der Waals surface area contributed by atoms with Gasteiger partial charge in [0.2, 0.25) is 0 Å². The van der Waals surface area contributed by atoms with Crippen LogP contribution in [0, 0.1) is 6.92 Å². The fourth-order valence-electron chi connectivity index (χ4n) is 2.63. The molecule has 1 aromatic heterocycles. The second-order valence-corrected chi connectivity index (χ2v) is 5.69. The third-order valence-electron chi connectivity index (χ3n) is 4.00. The summed E-state index contributed by atoms with van der Waals surface area (Å²) in [7, 11) is 1.68. The van der Waals surface area contributed by atoms with Crippen molar-refractivity contribution in [2.45, 2.75) is 20.3 Å². The van der Waals surface area contributed by atoms with Gasteiger partial charge in [0.25, 0.3) is 5.91 Å². The molecule has 2 rings (SSSR count). The summed E-state index contributed by atoms with van der Waals surface area (Å²) in [4.78, 5) is 25.5. The van der Waals surface area contributed by atoms with Crippen molar-refractivity contribution < 1.29 is 9.53 Å². The van der Waals surface area contributed by atoms with E-state index in [9.17, 15) is 4.79 Å². The number of carbonyl (C=O) groups excluding carboxylic acids is 1. The average molecular weight is 321 g/mol. The standard InChI is InChI=1S/C16H27N5O2/c1-4-20-7-9-21(10-8-20)16(22)14-12-15(19-13(2)18-14)17-6-5-11-23-3/h12H,4-11H2,1-3H3,(H,17,18,19). The molecular formula is C16H27N5O2.